The Kier molecular flexibility index (Phi) is 8.25. The van der Waals surface area contributed by atoms with Crippen molar-refractivity contribution >= 4 is 45.3 Å². The molecule has 0 bridgehead atoms. The van der Waals surface area contributed by atoms with Gasteiger partial charge in [0.05, 0.1) is 5.52 Å². The van der Waals surface area contributed by atoms with Gasteiger partial charge >= 0.3 is 27.3 Å². The standard InChI is InChI=1S/C29H26FN9O2.Cd/c1-5-26(40)39-13-12-38(15-17(39)2)25-11-8-22-28(34-25)29(32-16-31-22)33-21-7-6-19(14-20(21)30)41-24-10-9-23-27(18(24)3)35-36-37(23)4;/h5-11,16-17H,1,3,12-13,15H2,2,4H3,(H,31,32,33);/q-2;+2/t17-;/m1./s1. The first-order chi connectivity index (χ1) is 19.8. The molecule has 1 atom stereocenters. The van der Waals surface area contributed by atoms with Crippen LogP contribution < -0.4 is 15.0 Å². The monoisotopic (exact) mass is 665 g/mol. The predicted octanol–water partition coefficient (Wildman–Crippen LogP) is 4.18. The molecule has 6 rings (SSSR count). The Morgan fingerprint density at radius 3 is 2.79 bits per heavy atom. The van der Waals surface area contributed by atoms with Crippen molar-refractivity contribution in [3.63, 3.8) is 0 Å². The smallest absolute Gasteiger partial charge is 0.540 e. The van der Waals surface area contributed by atoms with Crippen molar-refractivity contribution in [3.05, 3.63) is 79.8 Å². The summed E-state index contributed by atoms with van der Waals surface area (Å²) in [5.74, 6) is 0.923. The van der Waals surface area contributed by atoms with E-state index in [9.17, 15) is 4.79 Å². The molecule has 1 amide bonds. The second-order valence-electron chi connectivity index (χ2n) is 9.69. The summed E-state index contributed by atoms with van der Waals surface area (Å²) in [5.41, 5.74) is 3.20. The van der Waals surface area contributed by atoms with Gasteiger partial charge in [0.25, 0.3) is 0 Å². The van der Waals surface area contributed by atoms with E-state index < -0.39 is 5.82 Å². The number of fused-ring (bicyclic) bond motifs is 2. The van der Waals surface area contributed by atoms with Crippen LogP contribution in [0, 0.1) is 18.8 Å². The molecule has 4 heterocycles. The third-order valence-corrected chi connectivity index (χ3v) is 7.07. The first kappa shape index (κ1) is 29.2. The Morgan fingerprint density at radius 1 is 1.19 bits per heavy atom. The molecule has 0 unspecified atom stereocenters. The Balaban J connectivity index is 0.00000353. The zero-order chi connectivity index (χ0) is 28.7. The molecular formula is C29H26CdFN9O2. The van der Waals surface area contributed by atoms with E-state index in [0.29, 0.717) is 59.1 Å². The Hall–Kier alpha value is -4.34. The minimum atomic E-state index is -0.659. The SMILES string of the molecule is C=CC(=O)N1CCN(c2ccc3ncnc(Nc4ccc(Oc5ccc6c(nnn6C)c5[CH2-])[c-]c4F)c3n2)C[C@H]1C.[Cd+2]. The molecule has 1 N–H and O–H groups in total. The number of nitrogens with one attached hydrogen (secondary N) is 1. The summed E-state index contributed by atoms with van der Waals surface area (Å²) in [4.78, 5) is 29.4. The van der Waals surface area contributed by atoms with Gasteiger partial charge in [-0.25, -0.2) is 19.3 Å². The van der Waals surface area contributed by atoms with Crippen molar-refractivity contribution in [2.75, 3.05) is 29.9 Å². The first-order valence-electron chi connectivity index (χ1n) is 12.9. The van der Waals surface area contributed by atoms with E-state index in [1.807, 2.05) is 25.1 Å². The zero-order valence-electron chi connectivity index (χ0n) is 23.2. The zero-order valence-corrected chi connectivity index (χ0v) is 27.2. The number of aromatic nitrogens is 6. The van der Waals surface area contributed by atoms with Gasteiger partial charge in [0.15, 0.2) is 0 Å². The van der Waals surface area contributed by atoms with Crippen molar-refractivity contribution in [2.24, 2.45) is 7.05 Å². The largest absolute Gasteiger partial charge is 2.00 e. The Morgan fingerprint density at radius 2 is 2.02 bits per heavy atom. The molecule has 1 aliphatic heterocycles. The van der Waals surface area contributed by atoms with Crippen molar-refractivity contribution < 1.29 is 41.2 Å². The van der Waals surface area contributed by atoms with E-state index in [4.69, 9.17) is 9.72 Å². The van der Waals surface area contributed by atoms with Crippen LogP contribution in [0.4, 0.5) is 21.7 Å². The minimum absolute atomic E-state index is 0. The number of benzene rings is 2. The molecular weight excluding hydrogens is 638 g/mol. The van der Waals surface area contributed by atoms with Crippen molar-refractivity contribution in [1.29, 1.82) is 0 Å². The third kappa shape index (κ3) is 5.45. The van der Waals surface area contributed by atoms with E-state index in [1.165, 1.54) is 12.4 Å². The molecule has 0 saturated carbocycles. The Bertz CT molecular complexity index is 1810. The second-order valence-corrected chi connectivity index (χ2v) is 9.69. The van der Waals surface area contributed by atoms with Crippen LogP contribution in [0.5, 0.6) is 11.5 Å². The van der Waals surface area contributed by atoms with Gasteiger partial charge in [-0.2, -0.15) is 12.0 Å². The molecule has 2 aromatic carbocycles. The fourth-order valence-electron chi connectivity index (χ4n) is 4.89. The number of hydrogen-bond donors (Lipinski definition) is 1. The van der Waals surface area contributed by atoms with Gasteiger partial charge in [-0.15, -0.1) is 23.8 Å². The van der Waals surface area contributed by atoms with Crippen molar-refractivity contribution in [3.8, 4) is 11.5 Å². The Labute approximate surface area is 261 Å². The van der Waals surface area contributed by atoms with Crippen LogP contribution >= 0.6 is 0 Å². The van der Waals surface area contributed by atoms with Gasteiger partial charge in [0.2, 0.25) is 5.91 Å². The van der Waals surface area contributed by atoms with Crippen LogP contribution in [-0.4, -0.2) is 66.4 Å². The number of rotatable bonds is 6. The molecule has 0 radical (unpaired) electrons. The quantitative estimate of drug-likeness (QED) is 0.162. The summed E-state index contributed by atoms with van der Waals surface area (Å²) in [5, 5.41) is 11.1. The molecule has 11 nitrogen and oxygen atoms in total. The van der Waals surface area contributed by atoms with Gasteiger partial charge in [-0.1, -0.05) is 23.9 Å². The van der Waals surface area contributed by atoms with Gasteiger partial charge < -0.3 is 19.9 Å². The summed E-state index contributed by atoms with van der Waals surface area (Å²) >= 11 is 0. The van der Waals surface area contributed by atoms with Crippen LogP contribution in [-0.2, 0) is 39.1 Å². The number of pyridine rings is 1. The summed E-state index contributed by atoms with van der Waals surface area (Å²) < 4.78 is 22.7. The molecule has 13 heteroatoms. The van der Waals surface area contributed by atoms with Crippen molar-refractivity contribution in [2.45, 2.75) is 13.0 Å². The summed E-state index contributed by atoms with van der Waals surface area (Å²) in [6.45, 7) is 11.4. The number of carbonyl (C=O) groups excluding carboxylic acids is 1. The average molecular weight is 664 g/mol. The van der Waals surface area contributed by atoms with Gasteiger partial charge in [-0.3, -0.25) is 9.48 Å². The summed E-state index contributed by atoms with van der Waals surface area (Å²) in [6, 6.07) is 13.0. The summed E-state index contributed by atoms with van der Waals surface area (Å²) in [6.07, 6.45) is 2.73. The normalized spacial score (nSPS) is 15.0. The summed E-state index contributed by atoms with van der Waals surface area (Å²) in [7, 11) is 1.79. The molecule has 5 aromatic rings. The van der Waals surface area contributed by atoms with Gasteiger partial charge in [0, 0.05) is 61.1 Å². The third-order valence-electron chi connectivity index (χ3n) is 7.07. The number of anilines is 3. The van der Waals surface area contributed by atoms with Crippen LogP contribution in [0.15, 0.2) is 55.4 Å². The fourth-order valence-corrected chi connectivity index (χ4v) is 4.89. The average Bonchev–Trinajstić information content (AvgIpc) is 3.36. The topological polar surface area (TPSA) is 114 Å². The number of piperazine rings is 1. The number of amides is 1. The second kappa shape index (κ2) is 11.9. The molecule has 1 fully saturated rings. The van der Waals surface area contributed by atoms with E-state index in [-0.39, 0.29) is 50.7 Å². The molecule has 0 spiro atoms. The van der Waals surface area contributed by atoms with Crippen LogP contribution in [0.25, 0.3) is 22.1 Å². The van der Waals surface area contributed by atoms with E-state index in [2.05, 4.69) is 50.1 Å². The maximum atomic E-state index is 15.2. The van der Waals surface area contributed by atoms with E-state index in [0.717, 1.165) is 5.52 Å². The molecule has 0 aliphatic carbocycles. The van der Waals surface area contributed by atoms with Gasteiger partial charge in [0.1, 0.15) is 23.5 Å². The number of nitrogens with zero attached hydrogens (tertiary/aromatic N) is 8. The molecule has 1 aliphatic rings. The van der Waals surface area contributed by atoms with E-state index >= 15 is 4.39 Å². The van der Waals surface area contributed by atoms with Crippen LogP contribution in [0.1, 0.15) is 12.5 Å². The molecule has 208 valence electrons. The number of ether oxygens (including phenoxy) is 1. The maximum Gasteiger partial charge on any atom is 2.00 e. The number of carbonyl (C=O) groups is 1. The van der Waals surface area contributed by atoms with E-state index in [1.54, 1.807) is 34.8 Å². The maximum absolute atomic E-state index is 15.2. The van der Waals surface area contributed by atoms with Gasteiger partial charge in [-0.05, 0) is 30.8 Å². The van der Waals surface area contributed by atoms with Crippen molar-refractivity contribution in [1.82, 2.24) is 34.8 Å². The molecule has 3 aromatic heterocycles. The van der Waals surface area contributed by atoms with Crippen LogP contribution in [0.3, 0.4) is 0 Å². The fraction of sp³-hybridized carbons (Fsp3) is 0.207. The number of hydrogen-bond acceptors (Lipinski definition) is 9. The minimum Gasteiger partial charge on any atom is -0.540 e. The van der Waals surface area contributed by atoms with Crippen LogP contribution in [0.2, 0.25) is 0 Å². The number of aryl methyl sites for hydroxylation is 1. The number of halogens is 1. The predicted molar refractivity (Wildman–Crippen MR) is 152 cm³/mol. The molecule has 42 heavy (non-hydrogen) atoms. The molecule has 1 saturated heterocycles. The first-order valence-corrected chi connectivity index (χ1v) is 12.9.